The van der Waals surface area contributed by atoms with E-state index in [1.165, 1.54) is 12.1 Å². The molecule has 3 rings (SSSR count). The Balaban J connectivity index is 1.65. The summed E-state index contributed by atoms with van der Waals surface area (Å²) >= 11 is 3.46. The van der Waals surface area contributed by atoms with Crippen molar-refractivity contribution in [1.29, 1.82) is 0 Å². The normalized spacial score (nSPS) is 17.8. The number of nitrogens with zero attached hydrogens (tertiary/aromatic N) is 2. The number of benzene rings is 2. The topological polar surface area (TPSA) is 52.7 Å². The van der Waals surface area contributed by atoms with Gasteiger partial charge in [-0.1, -0.05) is 24.3 Å². The van der Waals surface area contributed by atoms with Crippen LogP contribution in [0.25, 0.3) is 0 Å². The van der Waals surface area contributed by atoms with Gasteiger partial charge in [-0.15, -0.1) is 0 Å². The first-order valence-corrected chi connectivity index (χ1v) is 9.90. The van der Waals surface area contributed by atoms with Crippen molar-refractivity contribution in [1.82, 2.24) is 10.2 Å². The van der Waals surface area contributed by atoms with Gasteiger partial charge in [-0.25, -0.2) is 4.39 Å². The van der Waals surface area contributed by atoms with Gasteiger partial charge < -0.3 is 15.1 Å². The number of halogens is 2. The zero-order chi connectivity index (χ0) is 20.3. The molecule has 2 aromatic carbocycles. The highest BCUT2D eigenvalue weighted by atomic mass is 79.9. The van der Waals surface area contributed by atoms with Crippen molar-refractivity contribution in [3.63, 3.8) is 0 Å². The van der Waals surface area contributed by atoms with Crippen molar-refractivity contribution >= 4 is 33.4 Å². The highest BCUT2D eigenvalue weighted by Crippen LogP contribution is 2.31. The molecular formula is C21H23BrFN3O2. The highest BCUT2D eigenvalue weighted by molar-refractivity contribution is 9.10. The number of hydrogen-bond donors (Lipinski definition) is 1. The maximum Gasteiger partial charge on any atom is 0.227 e. The van der Waals surface area contributed by atoms with Crippen LogP contribution in [0.3, 0.4) is 0 Å². The van der Waals surface area contributed by atoms with E-state index in [-0.39, 0.29) is 30.1 Å². The summed E-state index contributed by atoms with van der Waals surface area (Å²) in [6.07, 6.45) is 0.180. The Labute approximate surface area is 172 Å². The largest absolute Gasteiger partial charge is 0.354 e. The molecule has 0 bridgehead atoms. The summed E-state index contributed by atoms with van der Waals surface area (Å²) in [5, 5.41) is 2.94. The Bertz CT molecular complexity index is 874. The lowest BCUT2D eigenvalue weighted by Crippen LogP contribution is -2.38. The molecule has 2 unspecified atom stereocenters. The van der Waals surface area contributed by atoms with Crippen LogP contribution < -0.4 is 10.2 Å². The molecule has 148 valence electrons. The van der Waals surface area contributed by atoms with Crippen LogP contribution in [0, 0.1) is 11.7 Å². The first-order valence-electron chi connectivity index (χ1n) is 9.11. The van der Waals surface area contributed by atoms with Crippen LogP contribution in [0.2, 0.25) is 0 Å². The summed E-state index contributed by atoms with van der Waals surface area (Å²) in [5.41, 5.74) is 1.57. The molecule has 0 saturated carbocycles. The van der Waals surface area contributed by atoms with E-state index in [1.54, 1.807) is 11.0 Å². The molecule has 2 amide bonds. The SMILES string of the molecule is CN(C)C(CNC(=O)C1CC(=O)N(c2ccccc2Br)C1)c1cccc(F)c1. The van der Waals surface area contributed by atoms with Crippen LogP contribution in [-0.4, -0.2) is 43.9 Å². The molecule has 0 spiro atoms. The molecule has 7 heteroatoms. The summed E-state index contributed by atoms with van der Waals surface area (Å²) in [4.78, 5) is 28.7. The fourth-order valence-electron chi connectivity index (χ4n) is 3.44. The number of hydrogen-bond acceptors (Lipinski definition) is 3. The molecule has 1 aliphatic rings. The predicted octanol–water partition coefficient (Wildman–Crippen LogP) is 3.36. The van der Waals surface area contributed by atoms with Crippen molar-refractivity contribution in [2.75, 3.05) is 32.1 Å². The van der Waals surface area contributed by atoms with Gasteiger partial charge in [0.15, 0.2) is 0 Å². The fourth-order valence-corrected chi connectivity index (χ4v) is 3.94. The second-order valence-electron chi connectivity index (χ2n) is 7.14. The third-order valence-electron chi connectivity index (χ3n) is 4.97. The van der Waals surface area contributed by atoms with E-state index in [9.17, 15) is 14.0 Å². The maximum absolute atomic E-state index is 13.6. The zero-order valence-corrected chi connectivity index (χ0v) is 17.4. The van der Waals surface area contributed by atoms with Crippen molar-refractivity contribution in [3.05, 3.63) is 64.4 Å². The molecule has 0 radical (unpaired) electrons. The van der Waals surface area contributed by atoms with Crippen LogP contribution in [0.15, 0.2) is 53.0 Å². The summed E-state index contributed by atoms with van der Waals surface area (Å²) in [6, 6.07) is 13.7. The smallest absolute Gasteiger partial charge is 0.227 e. The number of carbonyl (C=O) groups is 2. The van der Waals surface area contributed by atoms with Gasteiger partial charge in [0.1, 0.15) is 5.82 Å². The van der Waals surface area contributed by atoms with Crippen molar-refractivity contribution in [2.45, 2.75) is 12.5 Å². The highest BCUT2D eigenvalue weighted by Gasteiger charge is 2.36. The molecule has 0 aliphatic carbocycles. The first kappa shape index (κ1) is 20.5. The van der Waals surface area contributed by atoms with Gasteiger partial charge in [0.2, 0.25) is 11.8 Å². The molecule has 2 aromatic rings. The molecule has 1 heterocycles. The molecule has 1 aliphatic heterocycles. The number of carbonyl (C=O) groups excluding carboxylic acids is 2. The second-order valence-corrected chi connectivity index (χ2v) is 7.99. The minimum Gasteiger partial charge on any atom is -0.354 e. The van der Waals surface area contributed by atoms with Crippen molar-refractivity contribution < 1.29 is 14.0 Å². The van der Waals surface area contributed by atoms with Crippen molar-refractivity contribution in [2.24, 2.45) is 5.92 Å². The van der Waals surface area contributed by atoms with Crippen LogP contribution >= 0.6 is 15.9 Å². The fraction of sp³-hybridized carbons (Fsp3) is 0.333. The van der Waals surface area contributed by atoms with Crippen LogP contribution in [-0.2, 0) is 9.59 Å². The van der Waals surface area contributed by atoms with Crippen LogP contribution in [0.4, 0.5) is 10.1 Å². The van der Waals surface area contributed by atoms with Gasteiger partial charge in [-0.2, -0.15) is 0 Å². The minimum atomic E-state index is -0.407. The Hall–Kier alpha value is -2.25. The van der Waals surface area contributed by atoms with E-state index in [0.717, 1.165) is 15.7 Å². The van der Waals surface area contributed by atoms with Gasteiger partial charge in [0.05, 0.1) is 17.6 Å². The summed E-state index contributed by atoms with van der Waals surface area (Å²) in [7, 11) is 3.77. The van der Waals surface area contributed by atoms with E-state index in [1.807, 2.05) is 49.3 Å². The van der Waals surface area contributed by atoms with Crippen molar-refractivity contribution in [3.8, 4) is 0 Å². The van der Waals surface area contributed by atoms with Gasteiger partial charge in [-0.05, 0) is 59.9 Å². The van der Waals surface area contributed by atoms with Gasteiger partial charge in [-0.3, -0.25) is 9.59 Å². The number of rotatable bonds is 6. The van der Waals surface area contributed by atoms with E-state index in [2.05, 4.69) is 21.2 Å². The van der Waals surface area contributed by atoms with E-state index in [4.69, 9.17) is 0 Å². The number of likely N-dealkylation sites (N-methyl/N-ethyl adjacent to an activating group) is 1. The molecule has 28 heavy (non-hydrogen) atoms. The standard InChI is InChI=1S/C21H23BrFN3O2/c1-25(2)19(14-6-5-7-16(23)10-14)12-24-21(28)15-11-20(27)26(13-15)18-9-4-3-8-17(18)22/h3-10,15,19H,11-13H2,1-2H3,(H,24,28). The summed E-state index contributed by atoms with van der Waals surface area (Å²) in [6.45, 7) is 0.689. The Kier molecular flexibility index (Phi) is 6.46. The molecule has 1 fully saturated rings. The Morgan fingerprint density at radius 1 is 1.29 bits per heavy atom. The average molecular weight is 448 g/mol. The van der Waals surface area contributed by atoms with E-state index < -0.39 is 5.92 Å². The Morgan fingerprint density at radius 2 is 2.04 bits per heavy atom. The lowest BCUT2D eigenvalue weighted by atomic mass is 10.0. The average Bonchev–Trinajstić information content (AvgIpc) is 3.03. The van der Waals surface area contributed by atoms with Gasteiger partial charge in [0.25, 0.3) is 0 Å². The van der Waals surface area contributed by atoms with Gasteiger partial charge >= 0.3 is 0 Å². The number of amides is 2. The Morgan fingerprint density at radius 3 is 2.71 bits per heavy atom. The molecule has 5 nitrogen and oxygen atoms in total. The minimum absolute atomic E-state index is 0.0682. The molecule has 2 atom stereocenters. The first-order chi connectivity index (χ1) is 13.4. The number of nitrogens with one attached hydrogen (secondary N) is 1. The molecule has 0 aromatic heterocycles. The number of anilines is 1. The predicted molar refractivity (Wildman–Crippen MR) is 110 cm³/mol. The third kappa shape index (κ3) is 4.59. The van der Waals surface area contributed by atoms with Crippen LogP contribution in [0.1, 0.15) is 18.0 Å². The molecule has 1 N–H and O–H groups in total. The van der Waals surface area contributed by atoms with E-state index in [0.29, 0.717) is 13.1 Å². The lowest BCUT2D eigenvalue weighted by molar-refractivity contribution is -0.126. The zero-order valence-electron chi connectivity index (χ0n) is 15.9. The number of para-hydroxylation sites is 1. The second kappa shape index (κ2) is 8.84. The quantitative estimate of drug-likeness (QED) is 0.738. The molecular weight excluding hydrogens is 425 g/mol. The van der Waals surface area contributed by atoms with Gasteiger partial charge in [0, 0.05) is 24.0 Å². The third-order valence-corrected chi connectivity index (χ3v) is 5.64. The van der Waals surface area contributed by atoms with Crippen LogP contribution in [0.5, 0.6) is 0 Å². The monoisotopic (exact) mass is 447 g/mol. The summed E-state index contributed by atoms with van der Waals surface area (Å²) in [5.74, 6) is -0.941. The van der Waals surface area contributed by atoms with E-state index >= 15 is 0 Å². The summed E-state index contributed by atoms with van der Waals surface area (Å²) < 4.78 is 14.4. The lowest BCUT2D eigenvalue weighted by Gasteiger charge is -2.26. The molecule has 1 saturated heterocycles. The maximum atomic E-state index is 13.6.